The van der Waals surface area contributed by atoms with Gasteiger partial charge >= 0.3 is 6.18 Å². The van der Waals surface area contributed by atoms with Gasteiger partial charge in [0.05, 0.1) is 0 Å². The lowest BCUT2D eigenvalue weighted by molar-refractivity contribution is -0.137. The van der Waals surface area contributed by atoms with E-state index in [-0.39, 0.29) is 18.6 Å². The highest BCUT2D eigenvalue weighted by molar-refractivity contribution is 5.37. The van der Waals surface area contributed by atoms with Crippen LogP contribution in [-0.4, -0.2) is 25.4 Å². The first-order chi connectivity index (χ1) is 8.49. The summed E-state index contributed by atoms with van der Waals surface area (Å²) in [7, 11) is 1.67. The third-order valence-electron chi connectivity index (χ3n) is 3.23. The van der Waals surface area contributed by atoms with Crippen molar-refractivity contribution in [3.63, 3.8) is 0 Å². The molecule has 0 amide bonds. The van der Waals surface area contributed by atoms with E-state index in [1.807, 2.05) is 24.3 Å². The lowest BCUT2D eigenvalue weighted by atomic mass is 10.0. The van der Waals surface area contributed by atoms with Crippen LogP contribution < -0.4 is 10.1 Å². The number of benzene rings is 1. The van der Waals surface area contributed by atoms with Crippen LogP contribution in [0.2, 0.25) is 0 Å². The highest BCUT2D eigenvalue weighted by Gasteiger charge is 2.33. The number of ether oxygens (including phenoxy) is 1. The summed E-state index contributed by atoms with van der Waals surface area (Å²) in [5.41, 5.74) is 1.06. The average Bonchev–Trinajstić information content (AvgIpc) is 2.71. The molecule has 0 bridgehead atoms. The fraction of sp³-hybridized carbons (Fsp3) is 0.538. The van der Waals surface area contributed by atoms with Gasteiger partial charge in [-0.3, -0.25) is 0 Å². The molecule has 1 aliphatic heterocycles. The van der Waals surface area contributed by atoms with Crippen molar-refractivity contribution in [1.82, 2.24) is 5.32 Å². The van der Waals surface area contributed by atoms with Gasteiger partial charge in [-0.15, -0.1) is 0 Å². The molecule has 1 aliphatic rings. The largest absolute Gasteiger partial charge is 0.488 e. The highest BCUT2D eigenvalue weighted by atomic mass is 19.4. The third kappa shape index (κ3) is 3.16. The summed E-state index contributed by atoms with van der Waals surface area (Å²) < 4.78 is 42.4. The van der Waals surface area contributed by atoms with Gasteiger partial charge in [-0.25, -0.2) is 0 Å². The number of hydrogen-bond acceptors (Lipinski definition) is 2. The molecule has 1 N–H and O–H groups in total. The zero-order valence-electron chi connectivity index (χ0n) is 10.1. The lowest BCUT2D eigenvalue weighted by Crippen LogP contribution is -2.41. The molecule has 0 radical (unpaired) electrons. The lowest BCUT2D eigenvalue weighted by Gasteiger charge is -2.23. The van der Waals surface area contributed by atoms with Crippen LogP contribution in [0.25, 0.3) is 0 Å². The quantitative estimate of drug-likeness (QED) is 0.897. The Bertz CT molecular complexity index is 380. The van der Waals surface area contributed by atoms with Crippen molar-refractivity contribution in [2.24, 2.45) is 0 Å². The molecule has 2 atom stereocenters. The fourth-order valence-electron chi connectivity index (χ4n) is 2.27. The van der Waals surface area contributed by atoms with Crippen LogP contribution in [0.5, 0.6) is 5.75 Å². The minimum Gasteiger partial charge on any atom is -0.488 e. The zero-order chi connectivity index (χ0) is 13.2. The summed E-state index contributed by atoms with van der Waals surface area (Å²) in [5.74, 6) is 0.787. The minimum absolute atomic E-state index is 0.0403. The van der Waals surface area contributed by atoms with Gasteiger partial charge in [-0.2, -0.15) is 13.2 Å². The molecule has 1 heterocycles. The van der Waals surface area contributed by atoms with E-state index in [4.69, 9.17) is 4.74 Å². The Hall–Kier alpha value is -1.23. The molecule has 1 aromatic carbocycles. The van der Waals surface area contributed by atoms with Crippen LogP contribution in [0, 0.1) is 0 Å². The number of para-hydroxylation sites is 1. The summed E-state index contributed by atoms with van der Waals surface area (Å²) in [6, 6.07) is 7.30. The molecule has 0 spiro atoms. The van der Waals surface area contributed by atoms with E-state index in [9.17, 15) is 13.2 Å². The summed E-state index contributed by atoms with van der Waals surface area (Å²) in [4.78, 5) is 0. The Balaban J connectivity index is 1.96. The molecule has 0 aromatic heterocycles. The summed E-state index contributed by atoms with van der Waals surface area (Å²) in [6.45, 7) is 0. The second-order valence-electron chi connectivity index (χ2n) is 4.52. The van der Waals surface area contributed by atoms with Gasteiger partial charge in [0.2, 0.25) is 0 Å². The molecule has 0 saturated heterocycles. The Morgan fingerprint density at radius 3 is 2.72 bits per heavy atom. The van der Waals surface area contributed by atoms with E-state index in [2.05, 4.69) is 5.32 Å². The van der Waals surface area contributed by atoms with Gasteiger partial charge in [0.15, 0.2) is 0 Å². The molecule has 5 heteroatoms. The summed E-state index contributed by atoms with van der Waals surface area (Å²) in [6.07, 6.45) is -4.40. The molecule has 2 unspecified atom stereocenters. The molecule has 0 aliphatic carbocycles. The molecule has 2 nitrogen and oxygen atoms in total. The van der Waals surface area contributed by atoms with Crippen molar-refractivity contribution >= 4 is 0 Å². The molecule has 18 heavy (non-hydrogen) atoms. The number of nitrogens with one attached hydrogen (secondary N) is 1. The summed E-state index contributed by atoms with van der Waals surface area (Å²) in [5, 5.41) is 2.93. The predicted octanol–water partition coefficient (Wildman–Crippen LogP) is 2.92. The van der Waals surface area contributed by atoms with Crippen LogP contribution in [-0.2, 0) is 6.42 Å². The molecular formula is C13H16F3NO. The molecule has 0 saturated carbocycles. The molecule has 2 rings (SSSR count). The Labute approximate surface area is 104 Å². The summed E-state index contributed by atoms with van der Waals surface area (Å²) >= 11 is 0. The number of alkyl halides is 3. The average molecular weight is 259 g/mol. The maximum atomic E-state index is 12.2. The first-order valence-corrected chi connectivity index (χ1v) is 5.98. The van der Waals surface area contributed by atoms with E-state index >= 15 is 0 Å². The monoisotopic (exact) mass is 259 g/mol. The normalized spacial score (nSPS) is 20.3. The Kier molecular flexibility index (Phi) is 3.80. The molecule has 0 fully saturated rings. The van der Waals surface area contributed by atoms with Gasteiger partial charge in [0.1, 0.15) is 11.9 Å². The third-order valence-corrected chi connectivity index (χ3v) is 3.23. The Morgan fingerprint density at radius 1 is 1.39 bits per heavy atom. The number of halogens is 3. The Morgan fingerprint density at radius 2 is 2.11 bits per heavy atom. The number of fused-ring (bicyclic) bond motifs is 1. The van der Waals surface area contributed by atoms with E-state index < -0.39 is 12.6 Å². The van der Waals surface area contributed by atoms with E-state index in [0.717, 1.165) is 11.3 Å². The maximum Gasteiger partial charge on any atom is 0.389 e. The topological polar surface area (TPSA) is 21.3 Å². The van der Waals surface area contributed by atoms with Crippen LogP contribution in [0.1, 0.15) is 18.4 Å². The van der Waals surface area contributed by atoms with Crippen molar-refractivity contribution in [3.05, 3.63) is 29.8 Å². The smallest absolute Gasteiger partial charge is 0.389 e. The van der Waals surface area contributed by atoms with Crippen LogP contribution in [0.15, 0.2) is 24.3 Å². The standard InChI is InChI=1S/C13H16F3NO/c1-17-10(6-7-13(14,15)16)12-8-9-4-2-3-5-11(9)18-12/h2-5,10,12,17H,6-8H2,1H3. The second-order valence-corrected chi connectivity index (χ2v) is 4.52. The fourth-order valence-corrected chi connectivity index (χ4v) is 2.27. The molecular weight excluding hydrogens is 243 g/mol. The van der Waals surface area contributed by atoms with Crippen LogP contribution in [0.3, 0.4) is 0 Å². The number of likely N-dealkylation sites (N-methyl/N-ethyl adjacent to an activating group) is 1. The van der Waals surface area contributed by atoms with Crippen molar-refractivity contribution in [3.8, 4) is 5.75 Å². The van der Waals surface area contributed by atoms with Crippen molar-refractivity contribution in [1.29, 1.82) is 0 Å². The van der Waals surface area contributed by atoms with Crippen LogP contribution in [0.4, 0.5) is 13.2 Å². The van der Waals surface area contributed by atoms with Gasteiger partial charge in [-0.1, -0.05) is 18.2 Å². The van der Waals surface area contributed by atoms with E-state index in [0.29, 0.717) is 6.42 Å². The van der Waals surface area contributed by atoms with Crippen molar-refractivity contribution in [2.45, 2.75) is 37.6 Å². The first kappa shape index (κ1) is 13.2. The first-order valence-electron chi connectivity index (χ1n) is 5.98. The van der Waals surface area contributed by atoms with Crippen molar-refractivity contribution < 1.29 is 17.9 Å². The van der Waals surface area contributed by atoms with E-state index in [1.165, 1.54) is 0 Å². The second kappa shape index (κ2) is 5.18. The maximum absolute atomic E-state index is 12.2. The van der Waals surface area contributed by atoms with Gasteiger partial charge in [0.25, 0.3) is 0 Å². The van der Waals surface area contributed by atoms with Gasteiger partial charge < -0.3 is 10.1 Å². The van der Waals surface area contributed by atoms with Gasteiger partial charge in [-0.05, 0) is 25.1 Å². The number of hydrogen-bond donors (Lipinski definition) is 1. The van der Waals surface area contributed by atoms with Crippen LogP contribution >= 0.6 is 0 Å². The SMILES string of the molecule is CNC(CCC(F)(F)F)C1Cc2ccccc2O1. The van der Waals surface area contributed by atoms with E-state index in [1.54, 1.807) is 7.05 Å². The zero-order valence-corrected chi connectivity index (χ0v) is 10.1. The molecule has 1 aromatic rings. The molecule has 100 valence electrons. The highest BCUT2D eigenvalue weighted by Crippen LogP contribution is 2.31. The minimum atomic E-state index is -4.11. The number of rotatable bonds is 4. The van der Waals surface area contributed by atoms with Gasteiger partial charge in [0, 0.05) is 18.9 Å². The van der Waals surface area contributed by atoms with Crippen molar-refractivity contribution in [2.75, 3.05) is 7.05 Å². The predicted molar refractivity (Wildman–Crippen MR) is 62.7 cm³/mol.